The number of amides is 2. The zero-order chi connectivity index (χ0) is 18.8. The Bertz CT molecular complexity index is 586. The van der Waals surface area contributed by atoms with Gasteiger partial charge in [0.1, 0.15) is 6.04 Å². The lowest BCUT2D eigenvalue weighted by atomic mass is 10.1. The minimum atomic E-state index is -1.14. The molecule has 1 aromatic carbocycles. The molecule has 7 nitrogen and oxygen atoms in total. The average Bonchev–Trinajstić information content (AvgIpc) is 2.58. The van der Waals surface area contributed by atoms with E-state index in [1.54, 1.807) is 0 Å². The highest BCUT2D eigenvalue weighted by molar-refractivity contribution is 5.89. The van der Waals surface area contributed by atoms with Gasteiger partial charge in [-0.2, -0.15) is 0 Å². The van der Waals surface area contributed by atoms with Crippen LogP contribution in [0.1, 0.15) is 44.2 Å². The minimum absolute atomic E-state index is 0.264. The third kappa shape index (κ3) is 7.80. The standard InChI is InChI=1S/C18H27N3O4/c1-3-4-5-13-6-8-14(9-7-13)11-20-17(23)15(19)10-16(22)21-12(2)18(24)25/h6-9,12,15H,3-5,10-11,19H2,1-2H3,(H,20,23)(H,21,22)(H,24,25)/t12-,15-/m0/s1. The van der Waals surface area contributed by atoms with E-state index in [0.717, 1.165) is 24.8 Å². The molecular weight excluding hydrogens is 322 g/mol. The SMILES string of the molecule is CCCCc1ccc(CNC(=O)[C@@H](N)CC(=O)N[C@@H](C)C(=O)O)cc1. The number of carbonyl (C=O) groups excluding carboxylic acids is 2. The van der Waals surface area contributed by atoms with Gasteiger partial charge in [-0.15, -0.1) is 0 Å². The lowest BCUT2D eigenvalue weighted by Gasteiger charge is -2.14. The Morgan fingerprint density at radius 3 is 2.32 bits per heavy atom. The van der Waals surface area contributed by atoms with Crippen LogP contribution in [0.15, 0.2) is 24.3 Å². The molecule has 0 aliphatic carbocycles. The van der Waals surface area contributed by atoms with Gasteiger partial charge < -0.3 is 21.5 Å². The quantitative estimate of drug-likeness (QED) is 0.501. The maximum atomic E-state index is 11.9. The summed E-state index contributed by atoms with van der Waals surface area (Å²) in [6.07, 6.45) is 3.07. The molecule has 0 saturated carbocycles. The van der Waals surface area contributed by atoms with Crippen LogP contribution in [0.25, 0.3) is 0 Å². The Morgan fingerprint density at radius 2 is 1.76 bits per heavy atom. The fourth-order valence-electron chi connectivity index (χ4n) is 2.18. The zero-order valence-corrected chi connectivity index (χ0v) is 14.7. The minimum Gasteiger partial charge on any atom is -0.480 e. The Labute approximate surface area is 148 Å². The summed E-state index contributed by atoms with van der Waals surface area (Å²) in [5.41, 5.74) is 7.90. The summed E-state index contributed by atoms with van der Waals surface area (Å²) in [5.74, 6) is -2.17. The molecule has 0 bridgehead atoms. The van der Waals surface area contributed by atoms with Crippen LogP contribution in [0, 0.1) is 0 Å². The summed E-state index contributed by atoms with van der Waals surface area (Å²) >= 11 is 0. The Balaban J connectivity index is 2.40. The second-order valence-electron chi connectivity index (χ2n) is 6.08. The average molecular weight is 349 g/mol. The molecule has 138 valence electrons. The number of carboxylic acids is 1. The number of aliphatic carboxylic acids is 1. The predicted octanol–water partition coefficient (Wildman–Crippen LogP) is 0.952. The molecule has 0 fully saturated rings. The molecular formula is C18H27N3O4. The summed E-state index contributed by atoms with van der Waals surface area (Å²) in [7, 11) is 0. The second kappa shape index (κ2) is 10.5. The van der Waals surface area contributed by atoms with Gasteiger partial charge in [0.15, 0.2) is 0 Å². The molecule has 2 atom stereocenters. The third-order valence-corrected chi connectivity index (χ3v) is 3.80. The molecule has 0 aliphatic heterocycles. The van der Waals surface area contributed by atoms with Crippen LogP contribution in [-0.2, 0) is 27.3 Å². The molecule has 1 aromatic rings. The molecule has 7 heteroatoms. The topological polar surface area (TPSA) is 122 Å². The number of unbranched alkanes of at least 4 members (excludes halogenated alkanes) is 1. The molecule has 0 unspecified atom stereocenters. The summed E-state index contributed by atoms with van der Waals surface area (Å²) in [4.78, 5) is 34.3. The lowest BCUT2D eigenvalue weighted by Crippen LogP contribution is -2.46. The van der Waals surface area contributed by atoms with Crippen molar-refractivity contribution < 1.29 is 19.5 Å². The molecule has 0 aromatic heterocycles. The molecule has 25 heavy (non-hydrogen) atoms. The smallest absolute Gasteiger partial charge is 0.325 e. The molecule has 0 heterocycles. The first-order valence-electron chi connectivity index (χ1n) is 8.46. The van der Waals surface area contributed by atoms with E-state index in [1.165, 1.54) is 12.5 Å². The first-order chi connectivity index (χ1) is 11.8. The van der Waals surface area contributed by atoms with Crippen molar-refractivity contribution in [2.24, 2.45) is 5.73 Å². The van der Waals surface area contributed by atoms with Crippen LogP contribution in [0.2, 0.25) is 0 Å². The van der Waals surface area contributed by atoms with E-state index < -0.39 is 29.9 Å². The van der Waals surface area contributed by atoms with Gasteiger partial charge in [0.2, 0.25) is 11.8 Å². The van der Waals surface area contributed by atoms with Crippen LogP contribution in [-0.4, -0.2) is 35.0 Å². The van der Waals surface area contributed by atoms with Crippen LogP contribution in [0.4, 0.5) is 0 Å². The van der Waals surface area contributed by atoms with Crippen molar-refractivity contribution in [2.75, 3.05) is 0 Å². The third-order valence-electron chi connectivity index (χ3n) is 3.80. The highest BCUT2D eigenvalue weighted by atomic mass is 16.4. The molecule has 5 N–H and O–H groups in total. The van der Waals surface area contributed by atoms with Gasteiger partial charge in [0.05, 0.1) is 12.5 Å². The number of hydrogen-bond donors (Lipinski definition) is 4. The second-order valence-corrected chi connectivity index (χ2v) is 6.08. The van der Waals surface area contributed by atoms with Gasteiger partial charge in [-0.25, -0.2) is 0 Å². The van der Waals surface area contributed by atoms with Crippen molar-refractivity contribution in [1.82, 2.24) is 10.6 Å². The van der Waals surface area contributed by atoms with Gasteiger partial charge in [-0.1, -0.05) is 37.6 Å². The van der Waals surface area contributed by atoms with Gasteiger partial charge in [-0.3, -0.25) is 14.4 Å². The Kier molecular flexibility index (Phi) is 8.63. The van der Waals surface area contributed by atoms with Gasteiger partial charge in [0.25, 0.3) is 0 Å². The zero-order valence-electron chi connectivity index (χ0n) is 14.7. The summed E-state index contributed by atoms with van der Waals surface area (Å²) in [6, 6.07) is 5.95. The van der Waals surface area contributed by atoms with E-state index in [1.807, 2.05) is 24.3 Å². The predicted molar refractivity (Wildman–Crippen MR) is 94.7 cm³/mol. The van der Waals surface area contributed by atoms with E-state index >= 15 is 0 Å². The first kappa shape index (κ1) is 20.6. The number of carbonyl (C=O) groups is 3. The maximum Gasteiger partial charge on any atom is 0.325 e. The molecule has 0 saturated heterocycles. The molecule has 0 aliphatic rings. The Hall–Kier alpha value is -2.41. The van der Waals surface area contributed by atoms with Crippen molar-refractivity contribution in [2.45, 2.75) is 58.2 Å². The van der Waals surface area contributed by atoms with Gasteiger partial charge in [0, 0.05) is 6.54 Å². The van der Waals surface area contributed by atoms with Crippen LogP contribution in [0.3, 0.4) is 0 Å². The number of rotatable bonds is 10. The first-order valence-corrected chi connectivity index (χ1v) is 8.46. The molecule has 2 amide bonds. The molecule has 0 radical (unpaired) electrons. The number of nitrogens with one attached hydrogen (secondary N) is 2. The van der Waals surface area contributed by atoms with Crippen molar-refractivity contribution in [3.8, 4) is 0 Å². The molecule has 0 spiro atoms. The van der Waals surface area contributed by atoms with E-state index in [2.05, 4.69) is 17.6 Å². The van der Waals surface area contributed by atoms with Gasteiger partial charge >= 0.3 is 5.97 Å². The Morgan fingerprint density at radius 1 is 1.16 bits per heavy atom. The monoisotopic (exact) mass is 349 g/mol. The highest BCUT2D eigenvalue weighted by Gasteiger charge is 2.20. The van der Waals surface area contributed by atoms with Crippen molar-refractivity contribution in [3.05, 3.63) is 35.4 Å². The number of benzene rings is 1. The van der Waals surface area contributed by atoms with Crippen LogP contribution in [0.5, 0.6) is 0 Å². The normalized spacial score (nSPS) is 12.9. The van der Waals surface area contributed by atoms with Crippen molar-refractivity contribution in [1.29, 1.82) is 0 Å². The highest BCUT2D eigenvalue weighted by Crippen LogP contribution is 2.08. The van der Waals surface area contributed by atoms with Crippen LogP contribution < -0.4 is 16.4 Å². The number of hydrogen-bond acceptors (Lipinski definition) is 4. The van der Waals surface area contributed by atoms with Crippen LogP contribution >= 0.6 is 0 Å². The van der Waals surface area contributed by atoms with Crippen molar-refractivity contribution >= 4 is 17.8 Å². The summed E-state index contributed by atoms with van der Waals surface area (Å²) in [6.45, 7) is 3.82. The summed E-state index contributed by atoms with van der Waals surface area (Å²) in [5, 5.41) is 13.7. The van der Waals surface area contributed by atoms with E-state index in [0.29, 0.717) is 6.54 Å². The van der Waals surface area contributed by atoms with E-state index in [9.17, 15) is 14.4 Å². The van der Waals surface area contributed by atoms with E-state index in [-0.39, 0.29) is 6.42 Å². The molecule has 1 rings (SSSR count). The number of carboxylic acid groups (broad SMARTS) is 1. The maximum absolute atomic E-state index is 11.9. The lowest BCUT2D eigenvalue weighted by molar-refractivity contribution is -0.141. The van der Waals surface area contributed by atoms with E-state index in [4.69, 9.17) is 10.8 Å². The van der Waals surface area contributed by atoms with Crippen molar-refractivity contribution in [3.63, 3.8) is 0 Å². The fourth-order valence-corrected chi connectivity index (χ4v) is 2.18. The number of aryl methyl sites for hydroxylation is 1. The largest absolute Gasteiger partial charge is 0.480 e. The summed E-state index contributed by atoms with van der Waals surface area (Å²) < 4.78 is 0. The van der Waals surface area contributed by atoms with Gasteiger partial charge in [-0.05, 0) is 30.9 Å². The fraction of sp³-hybridized carbons (Fsp3) is 0.500. The number of nitrogens with two attached hydrogens (primary N) is 1.